The van der Waals surface area contributed by atoms with Crippen molar-refractivity contribution in [3.05, 3.63) is 35.6 Å². The lowest BCUT2D eigenvalue weighted by atomic mass is 9.93. The van der Waals surface area contributed by atoms with E-state index in [2.05, 4.69) is 22.9 Å². The lowest BCUT2D eigenvalue weighted by Gasteiger charge is -2.18. The molecule has 2 heteroatoms. The van der Waals surface area contributed by atoms with Crippen LogP contribution in [0.2, 0.25) is 0 Å². The first-order valence-corrected chi connectivity index (χ1v) is 5.93. The number of benzene rings is 1. The maximum absolute atomic E-state index is 13.4. The average molecular weight is 257 g/mol. The molecule has 1 aromatic rings. The highest BCUT2D eigenvalue weighted by Gasteiger charge is 2.46. The van der Waals surface area contributed by atoms with Crippen LogP contribution in [0, 0.1) is 11.2 Å². The third kappa shape index (κ3) is 1.85. The van der Waals surface area contributed by atoms with Gasteiger partial charge in [0.25, 0.3) is 0 Å². The predicted molar refractivity (Wildman–Crippen MR) is 60.2 cm³/mol. The first-order valence-electron chi connectivity index (χ1n) is 5.01. The Morgan fingerprint density at radius 3 is 2.57 bits per heavy atom. The van der Waals surface area contributed by atoms with Gasteiger partial charge in [-0.3, -0.25) is 0 Å². The summed E-state index contributed by atoms with van der Waals surface area (Å²) >= 11 is 3.62. The monoisotopic (exact) mass is 256 g/mol. The van der Waals surface area contributed by atoms with Crippen LogP contribution < -0.4 is 0 Å². The van der Waals surface area contributed by atoms with E-state index in [-0.39, 0.29) is 5.82 Å². The molecule has 1 aliphatic rings. The van der Waals surface area contributed by atoms with Gasteiger partial charge in [0.1, 0.15) is 5.82 Å². The van der Waals surface area contributed by atoms with E-state index in [0.717, 1.165) is 12.0 Å². The molecule has 1 aromatic carbocycles. The summed E-state index contributed by atoms with van der Waals surface area (Å²) in [5.41, 5.74) is 1.18. The molecule has 0 heterocycles. The zero-order valence-corrected chi connectivity index (χ0v) is 9.85. The van der Waals surface area contributed by atoms with Crippen LogP contribution in [0.15, 0.2) is 24.3 Å². The van der Waals surface area contributed by atoms with E-state index in [9.17, 15) is 4.39 Å². The quantitative estimate of drug-likeness (QED) is 0.719. The molecule has 1 unspecified atom stereocenters. The van der Waals surface area contributed by atoms with Crippen LogP contribution in [0.25, 0.3) is 0 Å². The molecule has 0 aromatic heterocycles. The third-order valence-corrected chi connectivity index (χ3v) is 4.21. The van der Waals surface area contributed by atoms with Gasteiger partial charge in [-0.2, -0.15) is 0 Å². The number of hydrogen-bond acceptors (Lipinski definition) is 0. The molecule has 0 amide bonds. The van der Waals surface area contributed by atoms with Crippen molar-refractivity contribution in [3.8, 4) is 0 Å². The SMILES string of the molecule is CC(Br)C1(Cc2ccccc2F)CC1. The molecule has 0 bridgehead atoms. The van der Waals surface area contributed by atoms with Gasteiger partial charge in [-0.05, 0) is 36.3 Å². The zero-order chi connectivity index (χ0) is 10.2. The summed E-state index contributed by atoms with van der Waals surface area (Å²) < 4.78 is 13.4. The van der Waals surface area contributed by atoms with Crippen molar-refractivity contribution in [2.45, 2.75) is 31.0 Å². The van der Waals surface area contributed by atoms with Crippen molar-refractivity contribution in [2.75, 3.05) is 0 Å². The predicted octanol–water partition coefficient (Wildman–Crippen LogP) is 3.93. The first-order chi connectivity index (χ1) is 6.64. The maximum atomic E-state index is 13.4. The first kappa shape index (κ1) is 10.2. The largest absolute Gasteiger partial charge is 0.207 e. The van der Waals surface area contributed by atoms with E-state index >= 15 is 0 Å². The number of alkyl halides is 1. The third-order valence-electron chi connectivity index (χ3n) is 3.24. The highest BCUT2D eigenvalue weighted by atomic mass is 79.9. The Labute approximate surface area is 92.6 Å². The van der Waals surface area contributed by atoms with Crippen LogP contribution in [0.1, 0.15) is 25.3 Å². The summed E-state index contributed by atoms with van der Waals surface area (Å²) in [6.45, 7) is 2.16. The van der Waals surface area contributed by atoms with Crippen molar-refractivity contribution in [3.63, 3.8) is 0 Å². The van der Waals surface area contributed by atoms with Crippen LogP contribution in [-0.4, -0.2) is 4.83 Å². The van der Waals surface area contributed by atoms with Crippen molar-refractivity contribution in [1.82, 2.24) is 0 Å². The summed E-state index contributed by atoms with van der Waals surface area (Å²) in [6, 6.07) is 7.10. The molecular formula is C12H14BrF. The zero-order valence-electron chi connectivity index (χ0n) is 8.26. The lowest BCUT2D eigenvalue weighted by Crippen LogP contribution is -2.15. The second kappa shape index (κ2) is 3.65. The Hall–Kier alpha value is -0.370. The standard InChI is InChI=1S/C12H14BrF/c1-9(13)12(6-7-12)8-10-4-2-3-5-11(10)14/h2-5,9H,6-8H2,1H3. The molecule has 76 valence electrons. The van der Waals surface area contributed by atoms with Crippen LogP contribution in [0.5, 0.6) is 0 Å². The van der Waals surface area contributed by atoms with Crippen LogP contribution in [0.4, 0.5) is 4.39 Å². The van der Waals surface area contributed by atoms with Gasteiger partial charge in [0.2, 0.25) is 0 Å². The minimum absolute atomic E-state index is 0.0630. The fourth-order valence-electron chi connectivity index (χ4n) is 1.90. The highest BCUT2D eigenvalue weighted by Crippen LogP contribution is 2.53. The molecular weight excluding hydrogens is 243 g/mol. The minimum Gasteiger partial charge on any atom is -0.207 e. The normalized spacial score (nSPS) is 20.5. The molecule has 1 fully saturated rings. The van der Waals surface area contributed by atoms with Crippen molar-refractivity contribution >= 4 is 15.9 Å². The molecule has 0 N–H and O–H groups in total. The molecule has 1 atom stereocenters. The number of rotatable bonds is 3. The van der Waals surface area contributed by atoms with Crippen molar-refractivity contribution in [1.29, 1.82) is 0 Å². The number of hydrogen-bond donors (Lipinski definition) is 0. The topological polar surface area (TPSA) is 0 Å². The van der Waals surface area contributed by atoms with Gasteiger partial charge < -0.3 is 0 Å². The van der Waals surface area contributed by atoms with Gasteiger partial charge in [0.05, 0.1) is 0 Å². The highest BCUT2D eigenvalue weighted by molar-refractivity contribution is 9.09. The smallest absolute Gasteiger partial charge is 0.126 e. The summed E-state index contributed by atoms with van der Waals surface area (Å²) in [4.78, 5) is 0.481. The Kier molecular flexibility index (Phi) is 2.65. The average Bonchev–Trinajstić information content (AvgIpc) is 2.90. The molecule has 0 nitrogen and oxygen atoms in total. The van der Waals surface area contributed by atoms with Crippen LogP contribution in [0.3, 0.4) is 0 Å². The van der Waals surface area contributed by atoms with Gasteiger partial charge in [-0.1, -0.05) is 41.1 Å². The summed E-state index contributed by atoms with van der Waals surface area (Å²) in [6.07, 6.45) is 3.30. The van der Waals surface area contributed by atoms with E-state index < -0.39 is 0 Å². The number of halogens is 2. The van der Waals surface area contributed by atoms with Gasteiger partial charge >= 0.3 is 0 Å². The second-order valence-corrected chi connectivity index (χ2v) is 5.62. The molecule has 0 saturated heterocycles. The van der Waals surface area contributed by atoms with Crippen LogP contribution >= 0.6 is 15.9 Å². The molecule has 14 heavy (non-hydrogen) atoms. The van der Waals surface area contributed by atoms with E-state index in [1.807, 2.05) is 12.1 Å². The molecule has 1 aliphatic carbocycles. The molecule has 0 aliphatic heterocycles. The Morgan fingerprint density at radius 1 is 1.43 bits per heavy atom. The van der Waals surface area contributed by atoms with E-state index in [1.165, 1.54) is 12.8 Å². The summed E-state index contributed by atoms with van der Waals surface area (Å²) in [5, 5.41) is 0. The van der Waals surface area contributed by atoms with Gasteiger partial charge in [-0.25, -0.2) is 4.39 Å². The van der Waals surface area contributed by atoms with Crippen molar-refractivity contribution < 1.29 is 4.39 Å². The Morgan fingerprint density at radius 2 is 2.07 bits per heavy atom. The maximum Gasteiger partial charge on any atom is 0.126 e. The van der Waals surface area contributed by atoms with Crippen LogP contribution in [-0.2, 0) is 6.42 Å². The van der Waals surface area contributed by atoms with Gasteiger partial charge in [0.15, 0.2) is 0 Å². The van der Waals surface area contributed by atoms with Gasteiger partial charge in [-0.15, -0.1) is 0 Å². The molecule has 1 saturated carbocycles. The Balaban J connectivity index is 2.15. The van der Waals surface area contributed by atoms with E-state index in [0.29, 0.717) is 10.2 Å². The summed E-state index contributed by atoms with van der Waals surface area (Å²) in [5.74, 6) is -0.0630. The molecule has 0 spiro atoms. The van der Waals surface area contributed by atoms with Gasteiger partial charge in [0, 0.05) is 4.83 Å². The molecule has 0 radical (unpaired) electrons. The van der Waals surface area contributed by atoms with E-state index in [1.54, 1.807) is 12.1 Å². The molecule has 2 rings (SSSR count). The fraction of sp³-hybridized carbons (Fsp3) is 0.500. The van der Waals surface area contributed by atoms with Crippen molar-refractivity contribution in [2.24, 2.45) is 5.41 Å². The Bertz CT molecular complexity index is 329. The second-order valence-electron chi connectivity index (χ2n) is 4.25. The summed E-state index contributed by atoms with van der Waals surface area (Å²) in [7, 11) is 0. The fourth-order valence-corrected chi connectivity index (χ4v) is 2.52. The van der Waals surface area contributed by atoms with E-state index in [4.69, 9.17) is 0 Å². The minimum atomic E-state index is -0.0630. The lowest BCUT2D eigenvalue weighted by molar-refractivity contribution is 0.490.